The summed E-state index contributed by atoms with van der Waals surface area (Å²) in [7, 11) is 1.46. The van der Waals surface area contributed by atoms with E-state index >= 15 is 0 Å². The first-order chi connectivity index (χ1) is 19.5. The molecular formula is C31H34ClFN4O3. The molecule has 1 amide bonds. The first-order valence-corrected chi connectivity index (χ1v) is 14.1. The van der Waals surface area contributed by atoms with Crippen molar-refractivity contribution in [2.45, 2.75) is 31.8 Å². The van der Waals surface area contributed by atoms with Crippen LogP contribution in [0, 0.1) is 11.7 Å². The zero-order chi connectivity index (χ0) is 27.9. The Hall–Kier alpha value is -3.46. The monoisotopic (exact) mass is 564 g/mol. The summed E-state index contributed by atoms with van der Waals surface area (Å²) >= 11 is 6.56. The standard InChI is InChI=1S/C31H34ClFN4O3/c1-39-29-12-9-20(15-27(29)33)25-19-35-30-23(25)7-5-3-2-4-6-8-28(30)37-21-10-11-24(26(32)16-21)31(38)36-18-22-17-34-13-14-40-22/h2-3,8-12,15-16,19,22-23,34,37H,4-7,13-14,17-18H2,1H3,(H,36,38)/b3-2-,28-8+. The lowest BCUT2D eigenvalue weighted by molar-refractivity contribution is 0.0287. The number of morpholine rings is 1. The van der Waals surface area contributed by atoms with Crippen molar-refractivity contribution in [3.05, 3.63) is 88.5 Å². The number of rotatable bonds is 7. The van der Waals surface area contributed by atoms with Crippen molar-refractivity contribution in [2.75, 3.05) is 38.7 Å². The number of benzene rings is 2. The number of hydrogen-bond acceptors (Lipinski definition) is 6. The Morgan fingerprint density at radius 1 is 1.20 bits per heavy atom. The van der Waals surface area contributed by atoms with Crippen LogP contribution in [-0.2, 0) is 4.74 Å². The van der Waals surface area contributed by atoms with E-state index in [9.17, 15) is 9.18 Å². The summed E-state index contributed by atoms with van der Waals surface area (Å²) in [6.07, 6.45) is 11.8. The number of carbonyl (C=O) groups excluding carboxylic acids is 1. The summed E-state index contributed by atoms with van der Waals surface area (Å²) in [4.78, 5) is 17.6. The molecule has 3 N–H and O–H groups in total. The number of nitrogens with one attached hydrogen (secondary N) is 3. The molecule has 9 heteroatoms. The maximum Gasteiger partial charge on any atom is 0.252 e. The fourth-order valence-electron chi connectivity index (χ4n) is 5.16. The van der Waals surface area contributed by atoms with Crippen LogP contribution in [0.25, 0.3) is 5.57 Å². The SMILES string of the molecule is COc1ccc(C2=CN=C3/C(Nc4ccc(C(=O)NCC5CNCCO5)c(Cl)c4)=C\CC/C=C\CCC23)cc1F. The first kappa shape index (κ1) is 28.1. The Morgan fingerprint density at radius 3 is 2.85 bits per heavy atom. The zero-order valence-electron chi connectivity index (χ0n) is 22.5. The van der Waals surface area contributed by atoms with E-state index in [-0.39, 0.29) is 23.7 Å². The average molecular weight is 565 g/mol. The number of hydrogen-bond donors (Lipinski definition) is 3. The molecule has 2 unspecified atom stereocenters. The van der Waals surface area contributed by atoms with Crippen molar-refractivity contribution >= 4 is 34.5 Å². The Kier molecular flexibility index (Phi) is 9.31. The van der Waals surface area contributed by atoms with Crippen molar-refractivity contribution in [1.82, 2.24) is 10.6 Å². The highest BCUT2D eigenvalue weighted by Crippen LogP contribution is 2.37. The van der Waals surface area contributed by atoms with E-state index in [2.05, 4.69) is 34.2 Å². The molecule has 3 aliphatic rings. The molecule has 0 aromatic heterocycles. The van der Waals surface area contributed by atoms with Crippen molar-refractivity contribution in [1.29, 1.82) is 0 Å². The molecule has 1 aliphatic carbocycles. The molecule has 2 atom stereocenters. The van der Waals surface area contributed by atoms with Gasteiger partial charge in [-0.3, -0.25) is 9.79 Å². The average Bonchev–Trinajstić information content (AvgIpc) is 3.39. The van der Waals surface area contributed by atoms with Crippen molar-refractivity contribution in [3.8, 4) is 5.75 Å². The molecule has 1 saturated heterocycles. The van der Waals surface area contributed by atoms with Gasteiger partial charge in [-0.1, -0.05) is 35.9 Å². The molecule has 7 nitrogen and oxygen atoms in total. The van der Waals surface area contributed by atoms with Crippen molar-refractivity contribution in [2.24, 2.45) is 10.9 Å². The molecule has 1 fully saturated rings. The van der Waals surface area contributed by atoms with Crippen LogP contribution in [0.4, 0.5) is 10.1 Å². The maximum atomic E-state index is 14.6. The van der Waals surface area contributed by atoms with Crippen LogP contribution in [0.1, 0.15) is 41.6 Å². The molecule has 5 rings (SSSR count). The smallest absolute Gasteiger partial charge is 0.252 e. The largest absolute Gasteiger partial charge is 0.494 e. The third-order valence-corrected chi connectivity index (χ3v) is 7.58. The molecule has 0 bridgehead atoms. The van der Waals surface area contributed by atoms with Crippen LogP contribution < -0.4 is 20.7 Å². The number of anilines is 1. The second-order valence-corrected chi connectivity index (χ2v) is 10.4. The van der Waals surface area contributed by atoms with Gasteiger partial charge in [-0.2, -0.15) is 0 Å². The van der Waals surface area contributed by atoms with Gasteiger partial charge in [0, 0.05) is 37.4 Å². The minimum atomic E-state index is -0.398. The quantitative estimate of drug-likeness (QED) is 0.373. The van der Waals surface area contributed by atoms with Gasteiger partial charge in [0.25, 0.3) is 5.91 Å². The van der Waals surface area contributed by atoms with Crippen molar-refractivity contribution in [3.63, 3.8) is 0 Å². The Bertz CT molecular complexity index is 1360. The predicted octanol–water partition coefficient (Wildman–Crippen LogP) is 5.74. The topological polar surface area (TPSA) is 84.0 Å². The summed E-state index contributed by atoms with van der Waals surface area (Å²) in [5.41, 5.74) is 4.71. The molecular weight excluding hydrogens is 531 g/mol. The van der Waals surface area contributed by atoms with E-state index in [4.69, 9.17) is 26.1 Å². The van der Waals surface area contributed by atoms with Crippen molar-refractivity contribution < 1.29 is 18.7 Å². The number of amides is 1. The highest BCUT2D eigenvalue weighted by atomic mass is 35.5. The van der Waals surface area contributed by atoms with Gasteiger partial charge in [-0.05, 0) is 67.2 Å². The number of carbonyl (C=O) groups is 1. The van der Waals surface area contributed by atoms with Crippen LogP contribution >= 0.6 is 11.6 Å². The van der Waals surface area contributed by atoms with Gasteiger partial charge in [0.05, 0.1) is 41.8 Å². The first-order valence-electron chi connectivity index (χ1n) is 13.7. The highest BCUT2D eigenvalue weighted by Gasteiger charge is 2.29. The number of nitrogens with zero attached hydrogens (tertiary/aromatic N) is 1. The molecule has 0 radical (unpaired) electrons. The summed E-state index contributed by atoms with van der Waals surface area (Å²) in [5.74, 6) is -0.430. The number of ether oxygens (including phenoxy) is 2. The summed E-state index contributed by atoms with van der Waals surface area (Å²) < 4.78 is 25.3. The number of allylic oxidation sites excluding steroid dienone is 5. The lowest BCUT2D eigenvalue weighted by atomic mass is 9.85. The number of halogens is 2. The predicted molar refractivity (Wildman–Crippen MR) is 158 cm³/mol. The van der Waals surface area contributed by atoms with E-state index in [0.29, 0.717) is 30.3 Å². The fourth-order valence-corrected chi connectivity index (χ4v) is 5.43. The second-order valence-electron chi connectivity index (χ2n) is 9.97. The summed E-state index contributed by atoms with van der Waals surface area (Å²) in [6, 6.07) is 10.4. The van der Waals surface area contributed by atoms with E-state index in [0.717, 1.165) is 60.5 Å². The maximum absolute atomic E-state index is 14.6. The molecule has 0 spiro atoms. The van der Waals surface area contributed by atoms with Gasteiger partial charge in [0.1, 0.15) is 0 Å². The summed E-state index contributed by atoms with van der Waals surface area (Å²) in [5, 5.41) is 10.0. The second kappa shape index (κ2) is 13.3. The van der Waals surface area contributed by atoms with Gasteiger partial charge in [-0.25, -0.2) is 4.39 Å². The minimum absolute atomic E-state index is 0.00804. The zero-order valence-corrected chi connectivity index (χ0v) is 23.3. The van der Waals surface area contributed by atoms with E-state index in [1.807, 2.05) is 18.3 Å². The molecule has 2 aromatic carbocycles. The molecule has 0 saturated carbocycles. The van der Waals surface area contributed by atoms with E-state index in [1.54, 1.807) is 18.2 Å². The van der Waals surface area contributed by atoms with Gasteiger partial charge < -0.3 is 25.4 Å². The summed E-state index contributed by atoms with van der Waals surface area (Å²) in [6.45, 7) is 2.57. The Morgan fingerprint density at radius 2 is 2.08 bits per heavy atom. The molecule has 2 heterocycles. The van der Waals surface area contributed by atoms with Crippen LogP contribution in [0.15, 0.2) is 71.5 Å². The van der Waals surface area contributed by atoms with Gasteiger partial charge in [0.15, 0.2) is 11.6 Å². The lowest BCUT2D eigenvalue weighted by Gasteiger charge is -2.24. The van der Waals surface area contributed by atoms with Crippen LogP contribution in [-0.4, -0.2) is 51.1 Å². The van der Waals surface area contributed by atoms with Gasteiger partial charge in [-0.15, -0.1) is 0 Å². The number of aliphatic imine (C=N–C) groups is 1. The van der Waals surface area contributed by atoms with Crippen LogP contribution in [0.3, 0.4) is 0 Å². The fraction of sp³-hybridized carbons (Fsp3) is 0.355. The van der Waals surface area contributed by atoms with E-state index < -0.39 is 5.82 Å². The molecule has 2 aliphatic heterocycles. The van der Waals surface area contributed by atoms with Crippen LogP contribution in [0.5, 0.6) is 5.75 Å². The number of methoxy groups -OCH3 is 1. The lowest BCUT2D eigenvalue weighted by Crippen LogP contribution is -2.45. The Balaban J connectivity index is 1.32. The third-order valence-electron chi connectivity index (χ3n) is 7.27. The highest BCUT2D eigenvalue weighted by molar-refractivity contribution is 6.34. The van der Waals surface area contributed by atoms with E-state index in [1.165, 1.54) is 13.2 Å². The minimum Gasteiger partial charge on any atom is -0.494 e. The third kappa shape index (κ3) is 6.63. The normalized spacial score (nSPS) is 23.1. The van der Waals surface area contributed by atoms with Gasteiger partial charge in [0.2, 0.25) is 0 Å². The Labute approximate surface area is 239 Å². The number of fused-ring (bicyclic) bond motifs is 1. The molecule has 210 valence electrons. The molecule has 2 aromatic rings. The molecule has 40 heavy (non-hydrogen) atoms. The van der Waals surface area contributed by atoms with Crippen LogP contribution in [0.2, 0.25) is 5.02 Å². The van der Waals surface area contributed by atoms with Gasteiger partial charge >= 0.3 is 0 Å².